The molecule has 0 saturated heterocycles. The van der Waals surface area contributed by atoms with Crippen molar-refractivity contribution in [2.45, 2.75) is 39.8 Å². The second-order valence-corrected chi connectivity index (χ2v) is 7.13. The molecular weight excluding hydrogens is 354 g/mol. The van der Waals surface area contributed by atoms with E-state index in [9.17, 15) is 9.59 Å². The highest BCUT2D eigenvalue weighted by Crippen LogP contribution is 2.27. The maximum absolute atomic E-state index is 12.5. The maximum Gasteiger partial charge on any atom is 0.311 e. The number of ether oxygens (including phenoxy) is 1. The predicted octanol–water partition coefficient (Wildman–Crippen LogP) is 4.18. The number of carbonyl (C=O) groups is 2. The smallest absolute Gasteiger partial charge is 0.311 e. The van der Waals surface area contributed by atoms with E-state index >= 15 is 0 Å². The number of furan rings is 1. The quantitative estimate of drug-likeness (QED) is 0.603. The van der Waals surface area contributed by atoms with Crippen LogP contribution in [0.25, 0.3) is 11.0 Å². The van der Waals surface area contributed by atoms with Crippen molar-refractivity contribution in [1.82, 2.24) is 4.90 Å². The summed E-state index contributed by atoms with van der Waals surface area (Å²) >= 11 is 0. The van der Waals surface area contributed by atoms with Crippen LogP contribution in [-0.4, -0.2) is 29.9 Å². The standard InChI is InChI=1S/C23H25NO4/c1-15-10-11-20-19(14-27-22(20)16(15)2)12-21(25)28-17(3)23(26)24(4)13-18-8-6-5-7-9-18/h5-11,14,17H,12-13H2,1-4H3/t17-/m1/s1. The Morgan fingerprint density at radius 3 is 2.54 bits per heavy atom. The maximum atomic E-state index is 12.5. The molecule has 3 rings (SSSR count). The summed E-state index contributed by atoms with van der Waals surface area (Å²) in [6, 6.07) is 13.6. The molecule has 1 heterocycles. The van der Waals surface area contributed by atoms with E-state index in [-0.39, 0.29) is 12.3 Å². The molecule has 0 saturated carbocycles. The zero-order valence-corrected chi connectivity index (χ0v) is 16.7. The molecule has 0 bridgehead atoms. The van der Waals surface area contributed by atoms with E-state index in [1.165, 1.54) is 0 Å². The van der Waals surface area contributed by atoms with E-state index in [4.69, 9.17) is 9.15 Å². The minimum atomic E-state index is -0.844. The van der Waals surface area contributed by atoms with Gasteiger partial charge in [0.1, 0.15) is 5.58 Å². The highest BCUT2D eigenvalue weighted by molar-refractivity contribution is 5.89. The zero-order chi connectivity index (χ0) is 20.3. The van der Waals surface area contributed by atoms with E-state index in [0.29, 0.717) is 6.54 Å². The third kappa shape index (κ3) is 4.25. The van der Waals surface area contributed by atoms with Crippen molar-refractivity contribution in [1.29, 1.82) is 0 Å². The molecule has 0 radical (unpaired) electrons. The molecule has 5 heteroatoms. The summed E-state index contributed by atoms with van der Waals surface area (Å²) in [5.74, 6) is -0.685. The number of amides is 1. The molecular formula is C23H25NO4. The fourth-order valence-electron chi connectivity index (χ4n) is 3.22. The van der Waals surface area contributed by atoms with Gasteiger partial charge < -0.3 is 14.1 Å². The average Bonchev–Trinajstić information content (AvgIpc) is 3.08. The Balaban J connectivity index is 1.61. The number of rotatable bonds is 6. The Kier molecular flexibility index (Phi) is 5.83. The molecule has 0 N–H and O–H groups in total. The monoisotopic (exact) mass is 379 g/mol. The molecule has 0 aliphatic carbocycles. The first-order valence-corrected chi connectivity index (χ1v) is 9.31. The van der Waals surface area contributed by atoms with Crippen LogP contribution < -0.4 is 0 Å². The molecule has 0 spiro atoms. The number of likely N-dealkylation sites (N-methyl/N-ethyl adjacent to an activating group) is 1. The predicted molar refractivity (Wildman–Crippen MR) is 108 cm³/mol. The first-order chi connectivity index (χ1) is 13.4. The summed E-state index contributed by atoms with van der Waals surface area (Å²) in [4.78, 5) is 26.4. The van der Waals surface area contributed by atoms with Crippen molar-refractivity contribution in [3.63, 3.8) is 0 Å². The first-order valence-electron chi connectivity index (χ1n) is 9.31. The lowest BCUT2D eigenvalue weighted by atomic mass is 10.0. The van der Waals surface area contributed by atoms with Gasteiger partial charge >= 0.3 is 5.97 Å². The Morgan fingerprint density at radius 1 is 1.11 bits per heavy atom. The lowest BCUT2D eigenvalue weighted by Gasteiger charge is -2.21. The summed E-state index contributed by atoms with van der Waals surface area (Å²) in [7, 11) is 1.70. The van der Waals surface area contributed by atoms with Gasteiger partial charge in [-0.25, -0.2) is 0 Å². The van der Waals surface area contributed by atoms with Crippen LogP contribution in [0.15, 0.2) is 53.1 Å². The lowest BCUT2D eigenvalue weighted by molar-refractivity contribution is -0.158. The van der Waals surface area contributed by atoms with Crippen molar-refractivity contribution in [2.24, 2.45) is 0 Å². The van der Waals surface area contributed by atoms with E-state index in [0.717, 1.165) is 33.2 Å². The topological polar surface area (TPSA) is 59.8 Å². The summed E-state index contributed by atoms with van der Waals surface area (Å²) in [5, 5.41) is 0.903. The van der Waals surface area contributed by atoms with Gasteiger partial charge in [-0.15, -0.1) is 0 Å². The Hall–Kier alpha value is -3.08. The number of hydrogen-bond acceptors (Lipinski definition) is 4. The third-order valence-corrected chi connectivity index (χ3v) is 4.97. The van der Waals surface area contributed by atoms with Gasteiger partial charge in [0.25, 0.3) is 5.91 Å². The van der Waals surface area contributed by atoms with Gasteiger partial charge in [0.05, 0.1) is 12.7 Å². The second kappa shape index (κ2) is 8.30. The Bertz CT molecular complexity index is 991. The fourth-order valence-corrected chi connectivity index (χ4v) is 3.22. The van der Waals surface area contributed by atoms with Gasteiger partial charge in [0, 0.05) is 24.5 Å². The van der Waals surface area contributed by atoms with Crippen LogP contribution in [0, 0.1) is 13.8 Å². The summed E-state index contributed by atoms with van der Waals surface area (Å²) in [6.07, 6.45) is 0.811. The van der Waals surface area contributed by atoms with Gasteiger partial charge in [-0.05, 0) is 37.5 Å². The Morgan fingerprint density at radius 2 is 1.82 bits per heavy atom. The zero-order valence-electron chi connectivity index (χ0n) is 16.7. The van der Waals surface area contributed by atoms with Gasteiger partial charge in [0.2, 0.25) is 0 Å². The average molecular weight is 379 g/mol. The van der Waals surface area contributed by atoms with E-state index in [1.54, 1.807) is 25.1 Å². The number of benzene rings is 2. The molecule has 1 atom stereocenters. The van der Waals surface area contributed by atoms with Crippen LogP contribution in [0.5, 0.6) is 0 Å². The lowest BCUT2D eigenvalue weighted by Crippen LogP contribution is -2.37. The van der Waals surface area contributed by atoms with Crippen LogP contribution in [-0.2, 0) is 27.3 Å². The van der Waals surface area contributed by atoms with E-state index < -0.39 is 12.1 Å². The van der Waals surface area contributed by atoms with Crippen molar-refractivity contribution in [2.75, 3.05) is 7.05 Å². The van der Waals surface area contributed by atoms with Gasteiger partial charge in [0.15, 0.2) is 6.10 Å². The Labute approximate surface area is 164 Å². The minimum absolute atomic E-state index is 0.0650. The SMILES string of the molecule is Cc1ccc2c(CC(=O)O[C@H](C)C(=O)N(C)Cc3ccccc3)coc2c1C. The van der Waals surface area contributed by atoms with Gasteiger partial charge in [-0.3, -0.25) is 9.59 Å². The van der Waals surface area contributed by atoms with E-state index in [2.05, 4.69) is 0 Å². The highest BCUT2D eigenvalue weighted by atomic mass is 16.5. The summed E-state index contributed by atoms with van der Waals surface area (Å²) in [6.45, 7) is 6.08. The van der Waals surface area contributed by atoms with Crippen LogP contribution in [0.3, 0.4) is 0 Å². The van der Waals surface area contributed by atoms with Crippen molar-refractivity contribution < 1.29 is 18.7 Å². The third-order valence-electron chi connectivity index (χ3n) is 4.97. The van der Waals surface area contributed by atoms with E-state index in [1.807, 2.05) is 56.3 Å². The molecule has 1 amide bonds. The molecule has 0 unspecified atom stereocenters. The van der Waals surface area contributed by atoms with Crippen LogP contribution >= 0.6 is 0 Å². The van der Waals surface area contributed by atoms with Crippen molar-refractivity contribution in [3.8, 4) is 0 Å². The van der Waals surface area contributed by atoms with Crippen LogP contribution in [0.2, 0.25) is 0 Å². The van der Waals surface area contributed by atoms with Crippen molar-refractivity contribution in [3.05, 3.63) is 71.0 Å². The number of nitrogens with zero attached hydrogens (tertiary/aromatic N) is 1. The molecule has 146 valence electrons. The number of fused-ring (bicyclic) bond motifs is 1. The minimum Gasteiger partial charge on any atom is -0.464 e. The fraction of sp³-hybridized carbons (Fsp3) is 0.304. The molecule has 2 aromatic carbocycles. The molecule has 0 aliphatic heterocycles. The van der Waals surface area contributed by atoms with Crippen LogP contribution in [0.1, 0.15) is 29.2 Å². The molecule has 28 heavy (non-hydrogen) atoms. The molecule has 1 aromatic heterocycles. The number of hydrogen-bond donors (Lipinski definition) is 0. The molecule has 5 nitrogen and oxygen atoms in total. The highest BCUT2D eigenvalue weighted by Gasteiger charge is 2.22. The largest absolute Gasteiger partial charge is 0.464 e. The number of carbonyl (C=O) groups excluding carboxylic acids is 2. The molecule has 3 aromatic rings. The molecule has 0 fully saturated rings. The second-order valence-electron chi connectivity index (χ2n) is 7.13. The summed E-state index contributed by atoms with van der Waals surface area (Å²) < 4.78 is 11.0. The number of esters is 1. The van der Waals surface area contributed by atoms with Gasteiger partial charge in [-0.2, -0.15) is 0 Å². The van der Waals surface area contributed by atoms with Gasteiger partial charge in [-0.1, -0.05) is 42.5 Å². The van der Waals surface area contributed by atoms with Crippen LogP contribution in [0.4, 0.5) is 0 Å². The normalized spacial score (nSPS) is 12.0. The first kappa shape index (κ1) is 19.7. The van der Waals surface area contributed by atoms with Crippen molar-refractivity contribution >= 4 is 22.8 Å². The molecule has 0 aliphatic rings. The number of aryl methyl sites for hydroxylation is 2. The summed E-state index contributed by atoms with van der Waals surface area (Å²) in [5.41, 5.74) is 4.77.